The monoisotopic (exact) mass is 315 g/mol. The van der Waals surface area contributed by atoms with Crippen molar-refractivity contribution < 1.29 is 14.8 Å². The van der Waals surface area contributed by atoms with E-state index in [1.165, 1.54) is 6.07 Å². The summed E-state index contributed by atoms with van der Waals surface area (Å²) < 4.78 is 0. The molecule has 0 radical (unpaired) electrons. The van der Waals surface area contributed by atoms with E-state index < -0.39 is 16.4 Å². The van der Waals surface area contributed by atoms with E-state index in [2.05, 4.69) is 10.6 Å². The second-order valence-electron chi connectivity index (χ2n) is 4.93. The fraction of sp³-hybridized carbons (Fsp3) is 0.462. The molecule has 1 aliphatic heterocycles. The highest BCUT2D eigenvalue weighted by molar-refractivity contribution is 5.95. The van der Waals surface area contributed by atoms with Crippen molar-refractivity contribution in [2.24, 2.45) is 0 Å². The fourth-order valence-corrected chi connectivity index (χ4v) is 2.31. The van der Waals surface area contributed by atoms with Crippen molar-refractivity contribution in [3.63, 3.8) is 0 Å². The average Bonchev–Trinajstić information content (AvgIpc) is 2.40. The van der Waals surface area contributed by atoms with E-state index in [1.54, 1.807) is 0 Å². The lowest BCUT2D eigenvalue weighted by Crippen LogP contribution is -2.51. The maximum atomic E-state index is 12.1. The first-order chi connectivity index (χ1) is 9.49. The van der Waals surface area contributed by atoms with Gasteiger partial charge in [0.15, 0.2) is 5.75 Å². The number of piperidine rings is 1. The Morgan fingerprint density at radius 1 is 1.52 bits per heavy atom. The molecular formula is C13H18ClN3O4. The lowest BCUT2D eigenvalue weighted by molar-refractivity contribution is -0.385. The third kappa shape index (κ3) is 4.05. The second kappa shape index (κ2) is 7.24. The van der Waals surface area contributed by atoms with Crippen LogP contribution in [0.25, 0.3) is 0 Å². The number of nitrogens with one attached hydrogen (secondary N) is 2. The average molecular weight is 316 g/mol. The number of phenols is 1. The molecule has 1 aromatic rings. The van der Waals surface area contributed by atoms with Crippen molar-refractivity contribution in [3.05, 3.63) is 33.9 Å². The van der Waals surface area contributed by atoms with Crippen LogP contribution in [-0.2, 0) is 0 Å². The lowest BCUT2D eigenvalue weighted by atomic mass is 9.99. The molecule has 2 atom stereocenters. The molecule has 0 spiro atoms. The molecule has 3 N–H and O–H groups in total. The molecule has 1 heterocycles. The molecule has 2 rings (SSSR count). The normalized spacial score (nSPS) is 21.2. The van der Waals surface area contributed by atoms with Crippen molar-refractivity contribution in [2.75, 3.05) is 6.54 Å². The minimum absolute atomic E-state index is 0. The fourth-order valence-electron chi connectivity index (χ4n) is 2.31. The zero-order valence-corrected chi connectivity index (χ0v) is 12.4. The number of amides is 1. The number of halogens is 1. The van der Waals surface area contributed by atoms with Crippen LogP contribution < -0.4 is 10.6 Å². The molecule has 1 aromatic carbocycles. The SMILES string of the molecule is CC1NCCCC1NC(=O)c1ccc([N+](=O)[O-])c(O)c1.Cl. The van der Waals surface area contributed by atoms with Gasteiger partial charge in [-0.05, 0) is 38.4 Å². The van der Waals surface area contributed by atoms with Crippen LogP contribution in [0.3, 0.4) is 0 Å². The van der Waals surface area contributed by atoms with Crippen molar-refractivity contribution in [1.29, 1.82) is 0 Å². The number of carbonyl (C=O) groups is 1. The van der Waals surface area contributed by atoms with Crippen molar-refractivity contribution in [1.82, 2.24) is 10.6 Å². The van der Waals surface area contributed by atoms with E-state index in [0.717, 1.165) is 31.5 Å². The zero-order valence-electron chi connectivity index (χ0n) is 11.5. The standard InChI is InChI=1S/C13H17N3O4.ClH/c1-8-10(3-2-6-14-8)15-13(18)9-4-5-11(16(19)20)12(17)7-9;/h4-5,7-8,10,14,17H,2-3,6H2,1H3,(H,15,18);1H. The molecule has 8 heteroatoms. The van der Waals surface area contributed by atoms with Gasteiger partial charge in [-0.3, -0.25) is 14.9 Å². The molecule has 0 aliphatic carbocycles. The van der Waals surface area contributed by atoms with Crippen molar-refractivity contribution in [3.8, 4) is 5.75 Å². The van der Waals surface area contributed by atoms with Gasteiger partial charge in [-0.2, -0.15) is 0 Å². The van der Waals surface area contributed by atoms with Gasteiger partial charge in [0.25, 0.3) is 5.91 Å². The summed E-state index contributed by atoms with van der Waals surface area (Å²) >= 11 is 0. The smallest absolute Gasteiger partial charge is 0.310 e. The Bertz CT molecular complexity index is 538. The Hall–Kier alpha value is -1.86. The first kappa shape index (κ1) is 17.2. The van der Waals surface area contributed by atoms with Crippen LogP contribution in [0.1, 0.15) is 30.1 Å². The third-order valence-electron chi connectivity index (χ3n) is 3.51. The van der Waals surface area contributed by atoms with Crippen LogP contribution in [-0.4, -0.2) is 34.6 Å². The number of hydrogen-bond acceptors (Lipinski definition) is 5. The van der Waals surface area contributed by atoms with Crippen LogP contribution >= 0.6 is 12.4 Å². The molecule has 21 heavy (non-hydrogen) atoms. The number of rotatable bonds is 3. The number of hydrogen-bond donors (Lipinski definition) is 3. The number of aromatic hydroxyl groups is 1. The largest absolute Gasteiger partial charge is 0.502 e. The Morgan fingerprint density at radius 3 is 2.81 bits per heavy atom. The number of benzene rings is 1. The highest BCUT2D eigenvalue weighted by atomic mass is 35.5. The van der Waals surface area contributed by atoms with Gasteiger partial charge in [-0.25, -0.2) is 0 Å². The predicted octanol–water partition coefficient (Wildman–Crippen LogP) is 1.59. The lowest BCUT2D eigenvalue weighted by Gasteiger charge is -2.30. The van der Waals surface area contributed by atoms with Gasteiger partial charge in [0.2, 0.25) is 0 Å². The molecule has 1 amide bonds. The molecule has 0 bridgehead atoms. The number of nitro groups is 1. The number of carbonyl (C=O) groups excluding carboxylic acids is 1. The zero-order chi connectivity index (χ0) is 14.7. The Morgan fingerprint density at radius 2 is 2.24 bits per heavy atom. The molecule has 7 nitrogen and oxygen atoms in total. The van der Waals surface area contributed by atoms with Gasteiger partial charge in [0.1, 0.15) is 0 Å². The van der Waals surface area contributed by atoms with Crippen molar-refractivity contribution in [2.45, 2.75) is 31.8 Å². The van der Waals surface area contributed by atoms with Gasteiger partial charge in [0, 0.05) is 23.7 Å². The van der Waals surface area contributed by atoms with Crippen LogP contribution in [0.5, 0.6) is 5.75 Å². The van der Waals surface area contributed by atoms with Gasteiger partial charge < -0.3 is 15.7 Å². The van der Waals surface area contributed by atoms with E-state index in [9.17, 15) is 20.0 Å². The summed E-state index contributed by atoms with van der Waals surface area (Å²) in [6, 6.07) is 3.79. The Labute approximate surface area is 128 Å². The van der Waals surface area contributed by atoms with Gasteiger partial charge in [-0.1, -0.05) is 0 Å². The quantitative estimate of drug-likeness (QED) is 0.580. The van der Waals surface area contributed by atoms with E-state index in [1.807, 2.05) is 6.92 Å². The summed E-state index contributed by atoms with van der Waals surface area (Å²) in [6.07, 6.45) is 1.87. The van der Waals surface area contributed by atoms with Gasteiger partial charge in [-0.15, -0.1) is 12.4 Å². The molecule has 1 saturated heterocycles. The number of nitro benzene ring substituents is 1. The summed E-state index contributed by atoms with van der Waals surface area (Å²) in [5.74, 6) is -0.840. The number of nitrogens with zero attached hydrogens (tertiary/aromatic N) is 1. The topological polar surface area (TPSA) is 104 Å². The molecule has 116 valence electrons. The van der Waals surface area contributed by atoms with E-state index >= 15 is 0 Å². The molecular weight excluding hydrogens is 298 g/mol. The summed E-state index contributed by atoms with van der Waals surface area (Å²) in [6.45, 7) is 2.93. The Kier molecular flexibility index (Phi) is 5.92. The first-order valence-corrected chi connectivity index (χ1v) is 6.50. The maximum absolute atomic E-state index is 12.1. The predicted molar refractivity (Wildman–Crippen MR) is 80.0 cm³/mol. The highest BCUT2D eigenvalue weighted by Crippen LogP contribution is 2.26. The molecule has 0 aromatic heterocycles. The second-order valence-corrected chi connectivity index (χ2v) is 4.93. The summed E-state index contributed by atoms with van der Waals surface area (Å²) in [7, 11) is 0. The minimum Gasteiger partial charge on any atom is -0.502 e. The minimum atomic E-state index is -0.690. The summed E-state index contributed by atoms with van der Waals surface area (Å²) in [5.41, 5.74) is -0.194. The molecule has 0 saturated carbocycles. The van der Waals surface area contributed by atoms with E-state index in [0.29, 0.717) is 0 Å². The van der Waals surface area contributed by atoms with E-state index in [-0.39, 0.29) is 36.0 Å². The van der Waals surface area contributed by atoms with E-state index in [4.69, 9.17) is 0 Å². The van der Waals surface area contributed by atoms with Gasteiger partial charge >= 0.3 is 5.69 Å². The highest BCUT2D eigenvalue weighted by Gasteiger charge is 2.23. The molecule has 1 aliphatic rings. The molecule has 1 fully saturated rings. The van der Waals surface area contributed by atoms with Crippen molar-refractivity contribution >= 4 is 24.0 Å². The van der Waals surface area contributed by atoms with Crippen LogP contribution in [0.15, 0.2) is 18.2 Å². The van der Waals surface area contributed by atoms with Gasteiger partial charge in [0.05, 0.1) is 4.92 Å². The Balaban J connectivity index is 0.00000220. The number of phenolic OH excluding ortho intramolecular Hbond substituents is 1. The third-order valence-corrected chi connectivity index (χ3v) is 3.51. The van der Waals surface area contributed by atoms with Crippen LogP contribution in [0.2, 0.25) is 0 Å². The molecule has 2 unspecified atom stereocenters. The maximum Gasteiger partial charge on any atom is 0.310 e. The van der Waals surface area contributed by atoms with Crippen LogP contribution in [0, 0.1) is 10.1 Å². The van der Waals surface area contributed by atoms with Crippen LogP contribution in [0.4, 0.5) is 5.69 Å². The first-order valence-electron chi connectivity index (χ1n) is 6.50. The summed E-state index contributed by atoms with van der Waals surface area (Å²) in [4.78, 5) is 22.0. The summed E-state index contributed by atoms with van der Waals surface area (Å²) in [5, 5.41) is 26.3.